The van der Waals surface area contributed by atoms with E-state index in [1.807, 2.05) is 15.8 Å². The molecule has 4 rings (SSSR count). The molecule has 0 radical (unpaired) electrons. The second-order valence-electron chi connectivity index (χ2n) is 5.58. The summed E-state index contributed by atoms with van der Waals surface area (Å²) in [6.07, 6.45) is 2.38. The summed E-state index contributed by atoms with van der Waals surface area (Å²) in [6, 6.07) is 1.94. The van der Waals surface area contributed by atoms with Crippen molar-refractivity contribution in [2.24, 2.45) is 7.05 Å². The Bertz CT molecular complexity index is 1110. The van der Waals surface area contributed by atoms with Gasteiger partial charge in [-0.05, 0) is 17.9 Å². The summed E-state index contributed by atoms with van der Waals surface area (Å²) in [5, 5.41) is 18.9. The van der Waals surface area contributed by atoms with Gasteiger partial charge in [0.2, 0.25) is 5.78 Å². The third kappa shape index (κ3) is 3.28. The minimum Gasteiger partial charge on any atom is -0.279 e. The van der Waals surface area contributed by atoms with Crippen molar-refractivity contribution in [1.82, 2.24) is 29.4 Å². The smallest absolute Gasteiger partial charge is 0.272 e. The Hall–Kier alpha value is -1.43. The Morgan fingerprint density at radius 1 is 1.15 bits per heavy atom. The molecule has 0 aliphatic rings. The molecule has 136 valence electrons. The Morgan fingerprint density at radius 3 is 2.77 bits per heavy atom. The highest BCUT2D eigenvalue weighted by atomic mass is 32.2. The van der Waals surface area contributed by atoms with Crippen molar-refractivity contribution >= 4 is 62.2 Å². The van der Waals surface area contributed by atoms with E-state index in [2.05, 4.69) is 27.3 Å². The summed E-state index contributed by atoms with van der Waals surface area (Å²) in [6.45, 7) is 2.19. The molecular weight excluding hydrogens is 408 g/mol. The lowest BCUT2D eigenvalue weighted by atomic mass is 10.4. The molecule has 0 fully saturated rings. The molecule has 0 aliphatic heterocycles. The topological polar surface area (TPSA) is 78.0 Å². The van der Waals surface area contributed by atoms with E-state index in [4.69, 9.17) is 0 Å². The zero-order valence-electron chi connectivity index (χ0n) is 14.2. The summed E-state index contributed by atoms with van der Waals surface area (Å²) >= 11 is 6.42. The molecule has 0 saturated heterocycles. The van der Waals surface area contributed by atoms with Crippen LogP contribution in [0.1, 0.15) is 25.6 Å². The van der Waals surface area contributed by atoms with Gasteiger partial charge in [0.1, 0.15) is 10.5 Å². The van der Waals surface area contributed by atoms with Crippen LogP contribution in [0.25, 0.3) is 16.0 Å². The van der Waals surface area contributed by atoms with Gasteiger partial charge < -0.3 is 0 Å². The van der Waals surface area contributed by atoms with E-state index in [1.54, 1.807) is 46.5 Å². The largest absolute Gasteiger partial charge is 0.279 e. The fourth-order valence-corrected chi connectivity index (χ4v) is 6.43. The van der Waals surface area contributed by atoms with Gasteiger partial charge in [-0.15, -0.1) is 31.7 Å². The average molecular weight is 425 g/mol. The molecule has 0 saturated carbocycles. The van der Waals surface area contributed by atoms with Crippen LogP contribution < -0.4 is 5.56 Å². The van der Waals surface area contributed by atoms with Crippen LogP contribution in [0.2, 0.25) is 0 Å². The van der Waals surface area contributed by atoms with Crippen LogP contribution >= 0.6 is 46.2 Å². The number of fused-ring (bicyclic) bond motifs is 3. The van der Waals surface area contributed by atoms with Gasteiger partial charge in [-0.3, -0.25) is 13.8 Å². The number of nitrogens with zero attached hydrogens (tertiary/aromatic N) is 6. The molecule has 11 heteroatoms. The van der Waals surface area contributed by atoms with E-state index in [0.29, 0.717) is 11.5 Å². The first-order valence-corrected chi connectivity index (χ1v) is 11.7. The maximum Gasteiger partial charge on any atom is 0.272 e. The normalized spacial score (nSPS) is 11.8. The van der Waals surface area contributed by atoms with Crippen LogP contribution in [0.5, 0.6) is 0 Å². The molecule has 4 aromatic heterocycles. The lowest BCUT2D eigenvalue weighted by molar-refractivity contribution is 0.860. The molecule has 7 nitrogen and oxygen atoms in total. The van der Waals surface area contributed by atoms with Crippen LogP contribution in [0.15, 0.2) is 24.9 Å². The fraction of sp³-hybridized carbons (Fsp3) is 0.400. The number of aryl methyl sites for hydroxylation is 1. The van der Waals surface area contributed by atoms with E-state index in [-0.39, 0.29) is 5.56 Å². The van der Waals surface area contributed by atoms with Crippen molar-refractivity contribution in [3.05, 3.63) is 27.6 Å². The molecule has 0 N–H and O–H groups in total. The lowest BCUT2D eigenvalue weighted by Crippen LogP contribution is -2.19. The van der Waals surface area contributed by atoms with Gasteiger partial charge in [0.25, 0.3) is 5.56 Å². The molecule has 0 unspecified atom stereocenters. The lowest BCUT2D eigenvalue weighted by Gasteiger charge is -2.04. The Labute approximate surface area is 165 Å². The van der Waals surface area contributed by atoms with E-state index in [1.165, 1.54) is 24.2 Å². The highest BCUT2D eigenvalue weighted by molar-refractivity contribution is 8.02. The SMILES string of the molecule is CCCCSc1nnc(SCc2nnc3n(C)c(=O)c4sccc4n23)s1. The van der Waals surface area contributed by atoms with Crippen LogP contribution in [0.4, 0.5) is 0 Å². The molecule has 0 atom stereocenters. The Kier molecular flexibility index (Phi) is 5.30. The van der Waals surface area contributed by atoms with E-state index >= 15 is 0 Å². The molecule has 0 aliphatic carbocycles. The summed E-state index contributed by atoms with van der Waals surface area (Å²) in [5.74, 6) is 3.07. The first-order chi connectivity index (χ1) is 12.7. The van der Waals surface area contributed by atoms with Crippen molar-refractivity contribution in [2.45, 2.75) is 34.2 Å². The molecule has 26 heavy (non-hydrogen) atoms. The maximum absolute atomic E-state index is 12.4. The predicted octanol–water partition coefficient (Wildman–Crippen LogP) is 3.68. The van der Waals surface area contributed by atoms with E-state index in [9.17, 15) is 4.79 Å². The monoisotopic (exact) mass is 424 g/mol. The van der Waals surface area contributed by atoms with Crippen LogP contribution in [-0.4, -0.2) is 35.1 Å². The quantitative estimate of drug-likeness (QED) is 0.331. The number of thiophene rings is 1. The van der Waals surface area contributed by atoms with Crippen LogP contribution in [0.3, 0.4) is 0 Å². The number of rotatable bonds is 7. The molecular formula is C15H16N6OS4. The summed E-state index contributed by atoms with van der Waals surface area (Å²) in [7, 11) is 1.73. The van der Waals surface area contributed by atoms with Crippen LogP contribution in [-0.2, 0) is 12.8 Å². The number of unbranched alkanes of at least 4 members (excludes halogenated alkanes) is 1. The number of hydrogen-bond acceptors (Lipinski definition) is 9. The third-order valence-corrected chi connectivity index (χ3v) is 8.00. The van der Waals surface area contributed by atoms with Gasteiger partial charge in [0, 0.05) is 12.8 Å². The van der Waals surface area contributed by atoms with Crippen molar-refractivity contribution in [3.8, 4) is 0 Å². The summed E-state index contributed by atoms with van der Waals surface area (Å²) in [5.41, 5.74) is 0.828. The molecule has 0 aromatic carbocycles. The van der Waals surface area contributed by atoms with Gasteiger partial charge >= 0.3 is 0 Å². The summed E-state index contributed by atoms with van der Waals surface area (Å²) in [4.78, 5) is 12.4. The minimum absolute atomic E-state index is 0.0352. The molecule has 0 bridgehead atoms. The van der Waals surface area contributed by atoms with Gasteiger partial charge in [-0.25, -0.2) is 0 Å². The second kappa shape index (κ2) is 7.67. The highest BCUT2D eigenvalue weighted by Crippen LogP contribution is 2.31. The zero-order chi connectivity index (χ0) is 18.1. The van der Waals surface area contributed by atoms with Crippen molar-refractivity contribution in [2.75, 3.05) is 5.75 Å². The highest BCUT2D eigenvalue weighted by Gasteiger charge is 2.16. The second-order valence-corrected chi connectivity index (χ2v) is 10.0. The number of hydrogen-bond donors (Lipinski definition) is 0. The van der Waals surface area contributed by atoms with Crippen LogP contribution in [0, 0.1) is 0 Å². The molecule has 4 aromatic rings. The van der Waals surface area contributed by atoms with Gasteiger partial charge in [-0.2, -0.15) is 0 Å². The fourth-order valence-electron chi connectivity index (χ4n) is 2.49. The van der Waals surface area contributed by atoms with Gasteiger partial charge in [-0.1, -0.05) is 48.2 Å². The van der Waals surface area contributed by atoms with Gasteiger partial charge in [0.05, 0.1) is 11.3 Å². The van der Waals surface area contributed by atoms with Crippen molar-refractivity contribution in [3.63, 3.8) is 0 Å². The molecule has 4 heterocycles. The molecule has 0 amide bonds. The molecule has 0 spiro atoms. The first kappa shape index (κ1) is 18.0. The van der Waals surface area contributed by atoms with Crippen molar-refractivity contribution < 1.29 is 0 Å². The third-order valence-electron chi connectivity index (χ3n) is 3.83. The Morgan fingerprint density at radius 2 is 1.96 bits per heavy atom. The van der Waals surface area contributed by atoms with E-state index in [0.717, 1.165) is 30.5 Å². The maximum atomic E-state index is 12.4. The number of thioether (sulfide) groups is 2. The standard InChI is InChI=1S/C15H16N6OS4/c1-3-4-6-24-14-18-19-15(26-14)25-8-10-16-17-13-20(2)12(22)11-9(21(10)13)5-7-23-11/h5,7H,3-4,6,8H2,1-2H3. The number of aromatic nitrogens is 6. The Balaban J connectivity index is 1.58. The van der Waals surface area contributed by atoms with Crippen molar-refractivity contribution in [1.29, 1.82) is 0 Å². The summed E-state index contributed by atoms with van der Waals surface area (Å²) < 4.78 is 6.16. The van der Waals surface area contributed by atoms with E-state index < -0.39 is 0 Å². The first-order valence-electron chi connectivity index (χ1n) is 8.08. The van der Waals surface area contributed by atoms with Gasteiger partial charge in [0.15, 0.2) is 8.68 Å². The minimum atomic E-state index is -0.0352. The predicted molar refractivity (Wildman–Crippen MR) is 109 cm³/mol. The average Bonchev–Trinajstić information content (AvgIpc) is 3.36. The zero-order valence-corrected chi connectivity index (χ0v) is 17.5.